The molecule has 3 atom stereocenters. The zero-order valence-electron chi connectivity index (χ0n) is 20.1. The van der Waals surface area contributed by atoms with Crippen molar-refractivity contribution in [3.8, 4) is 6.07 Å². The van der Waals surface area contributed by atoms with E-state index in [-0.39, 0.29) is 35.5 Å². The number of carboxylic acids is 1. The summed E-state index contributed by atoms with van der Waals surface area (Å²) in [6.07, 6.45) is 4.89. The predicted molar refractivity (Wildman–Crippen MR) is 129 cm³/mol. The summed E-state index contributed by atoms with van der Waals surface area (Å²) in [4.78, 5) is 36.9. The van der Waals surface area contributed by atoms with Gasteiger partial charge in [0.2, 0.25) is 11.8 Å². The largest absolute Gasteiger partial charge is 0.497 e. The Morgan fingerprint density at radius 2 is 2.11 bits per heavy atom. The molecule has 1 saturated carbocycles. The number of benzene rings is 1. The highest BCUT2D eigenvalue weighted by atomic mass is 16.5. The molecule has 8 heteroatoms. The molecule has 3 aliphatic rings. The molecule has 8 nitrogen and oxygen atoms in total. The number of aliphatic carboxylic acids is 1. The molecule has 0 aromatic heterocycles. The van der Waals surface area contributed by atoms with E-state index in [1.807, 2.05) is 13.0 Å². The van der Waals surface area contributed by atoms with E-state index in [4.69, 9.17) is 9.84 Å². The van der Waals surface area contributed by atoms with Crippen molar-refractivity contribution in [2.24, 2.45) is 17.3 Å². The molecule has 1 aromatic rings. The zero-order chi connectivity index (χ0) is 25.2. The average molecular weight is 478 g/mol. The molecule has 4 rings (SSSR count). The SMILES string of the molecule is CCNC(=O)C1=CC2=C(OCC[C@]23C[C@H]3C(=O)Nc2cc(C#N)ccc2CCCC(=O)O)C(C)C1. The molecule has 1 unspecified atom stereocenters. The Morgan fingerprint density at radius 1 is 1.31 bits per heavy atom. The van der Waals surface area contributed by atoms with Crippen LogP contribution in [0.1, 0.15) is 57.1 Å². The van der Waals surface area contributed by atoms with Crippen LogP contribution in [0.25, 0.3) is 0 Å². The van der Waals surface area contributed by atoms with Crippen molar-refractivity contribution in [3.63, 3.8) is 0 Å². The van der Waals surface area contributed by atoms with E-state index < -0.39 is 5.97 Å². The summed E-state index contributed by atoms with van der Waals surface area (Å²) >= 11 is 0. The highest BCUT2D eigenvalue weighted by Gasteiger charge is 2.62. The number of allylic oxidation sites excluding steroid dienone is 3. The van der Waals surface area contributed by atoms with Gasteiger partial charge in [0.05, 0.1) is 18.2 Å². The maximum atomic E-state index is 13.4. The number of carbonyl (C=O) groups excluding carboxylic acids is 2. The van der Waals surface area contributed by atoms with Crippen LogP contribution in [0.4, 0.5) is 5.69 Å². The number of aryl methyl sites for hydroxylation is 1. The fourth-order valence-electron chi connectivity index (χ4n) is 5.36. The third-order valence-electron chi connectivity index (χ3n) is 7.25. The van der Waals surface area contributed by atoms with Crippen molar-refractivity contribution in [1.29, 1.82) is 5.26 Å². The number of ether oxygens (including phenoxy) is 1. The second kappa shape index (κ2) is 9.95. The zero-order valence-corrected chi connectivity index (χ0v) is 20.1. The first-order valence-electron chi connectivity index (χ1n) is 12.2. The van der Waals surface area contributed by atoms with E-state index in [1.54, 1.807) is 18.2 Å². The Kier molecular flexibility index (Phi) is 6.97. The monoisotopic (exact) mass is 477 g/mol. The van der Waals surface area contributed by atoms with Crippen LogP contribution in [0.5, 0.6) is 0 Å². The molecule has 1 fully saturated rings. The highest BCUT2D eigenvalue weighted by molar-refractivity contribution is 5.97. The van der Waals surface area contributed by atoms with Gasteiger partial charge < -0.3 is 20.5 Å². The van der Waals surface area contributed by atoms with Gasteiger partial charge in [-0.3, -0.25) is 14.4 Å². The summed E-state index contributed by atoms with van der Waals surface area (Å²) in [6.45, 7) is 5.04. The fraction of sp³-hybridized carbons (Fsp3) is 0.481. The average Bonchev–Trinajstić information content (AvgIpc) is 3.55. The lowest BCUT2D eigenvalue weighted by Gasteiger charge is -2.34. The number of nitrogens with zero attached hydrogens (tertiary/aromatic N) is 1. The van der Waals surface area contributed by atoms with Gasteiger partial charge in [-0.2, -0.15) is 5.26 Å². The van der Waals surface area contributed by atoms with Crippen LogP contribution < -0.4 is 10.6 Å². The number of likely N-dealkylation sites (N-methyl/N-ethyl adjacent to an activating group) is 1. The van der Waals surface area contributed by atoms with Gasteiger partial charge in [-0.25, -0.2) is 0 Å². The third kappa shape index (κ3) is 4.95. The Labute approximate surface area is 205 Å². The predicted octanol–water partition coefficient (Wildman–Crippen LogP) is 3.69. The van der Waals surface area contributed by atoms with Gasteiger partial charge in [0.25, 0.3) is 0 Å². The van der Waals surface area contributed by atoms with Gasteiger partial charge in [0.1, 0.15) is 5.76 Å². The minimum atomic E-state index is -0.866. The van der Waals surface area contributed by atoms with Gasteiger partial charge in [-0.1, -0.05) is 13.0 Å². The quantitative estimate of drug-likeness (QED) is 0.524. The molecule has 184 valence electrons. The topological polar surface area (TPSA) is 129 Å². The lowest BCUT2D eigenvalue weighted by Crippen LogP contribution is -2.32. The number of nitrogens with one attached hydrogen (secondary N) is 2. The summed E-state index contributed by atoms with van der Waals surface area (Å²) < 4.78 is 6.00. The summed E-state index contributed by atoms with van der Waals surface area (Å²) in [7, 11) is 0. The normalized spacial score (nSPS) is 24.5. The van der Waals surface area contributed by atoms with Crippen LogP contribution in [-0.4, -0.2) is 36.0 Å². The first-order chi connectivity index (χ1) is 16.8. The van der Waals surface area contributed by atoms with E-state index in [2.05, 4.69) is 23.6 Å². The third-order valence-corrected chi connectivity index (χ3v) is 7.25. The van der Waals surface area contributed by atoms with Crippen LogP contribution in [-0.2, 0) is 25.5 Å². The molecule has 1 heterocycles. The van der Waals surface area contributed by atoms with Gasteiger partial charge >= 0.3 is 5.97 Å². The second-order valence-electron chi connectivity index (χ2n) is 9.64. The number of hydrogen-bond donors (Lipinski definition) is 3. The van der Waals surface area contributed by atoms with E-state index in [9.17, 15) is 19.6 Å². The van der Waals surface area contributed by atoms with Gasteiger partial charge in [0, 0.05) is 41.5 Å². The minimum Gasteiger partial charge on any atom is -0.497 e. The molecular formula is C27H31N3O5. The molecule has 3 N–H and O–H groups in total. The smallest absolute Gasteiger partial charge is 0.303 e. The van der Waals surface area contributed by atoms with Crippen LogP contribution >= 0.6 is 0 Å². The molecule has 1 spiro atoms. The van der Waals surface area contributed by atoms with Crippen molar-refractivity contribution in [2.75, 3.05) is 18.5 Å². The molecule has 0 radical (unpaired) electrons. The maximum Gasteiger partial charge on any atom is 0.303 e. The first kappa shape index (κ1) is 24.5. The molecule has 1 aliphatic heterocycles. The Bertz CT molecular complexity index is 1160. The van der Waals surface area contributed by atoms with E-state index >= 15 is 0 Å². The lowest BCUT2D eigenvalue weighted by molar-refractivity contribution is -0.137. The van der Waals surface area contributed by atoms with Crippen LogP contribution in [0.2, 0.25) is 0 Å². The van der Waals surface area contributed by atoms with Crippen molar-refractivity contribution < 1.29 is 24.2 Å². The highest BCUT2D eigenvalue weighted by Crippen LogP contribution is 2.64. The van der Waals surface area contributed by atoms with Crippen LogP contribution in [0.15, 0.2) is 41.2 Å². The molecule has 0 saturated heterocycles. The lowest BCUT2D eigenvalue weighted by atomic mass is 9.78. The second-order valence-corrected chi connectivity index (χ2v) is 9.64. The van der Waals surface area contributed by atoms with Crippen molar-refractivity contribution in [2.45, 2.75) is 52.4 Å². The summed E-state index contributed by atoms with van der Waals surface area (Å²) in [5.74, 6) is -0.365. The molecule has 0 bridgehead atoms. The summed E-state index contributed by atoms with van der Waals surface area (Å²) in [5, 5.41) is 24.2. The van der Waals surface area contributed by atoms with Gasteiger partial charge in [0.15, 0.2) is 0 Å². The standard InChI is InChI=1S/C27H31N3O5/c1-3-29-25(33)19-11-16(2)24-20(13-19)27(9-10-35-24)14-21(27)26(34)30-22-12-17(15-28)7-8-18(22)5-4-6-23(31)32/h7-8,12-13,16,21H,3-6,9-11,14H2,1-2H3,(H,29,33)(H,30,34)(H,31,32)/t16?,21-,27-/m0/s1. The minimum absolute atomic E-state index is 0.0362. The molecule has 2 aliphatic carbocycles. The van der Waals surface area contributed by atoms with Crippen molar-refractivity contribution in [3.05, 3.63) is 52.3 Å². The van der Waals surface area contributed by atoms with Crippen LogP contribution in [0, 0.1) is 28.6 Å². The van der Waals surface area contributed by atoms with Crippen molar-refractivity contribution in [1.82, 2.24) is 5.32 Å². The number of hydrogen-bond acceptors (Lipinski definition) is 5. The summed E-state index contributed by atoms with van der Waals surface area (Å²) in [5.41, 5.74) is 3.14. The van der Waals surface area contributed by atoms with E-state index in [0.717, 1.165) is 22.5 Å². The molecule has 35 heavy (non-hydrogen) atoms. The number of fused-ring (bicyclic) bond motifs is 1. The molecule has 1 aromatic carbocycles. The fourth-order valence-corrected chi connectivity index (χ4v) is 5.36. The molecule has 2 amide bonds. The molecular weight excluding hydrogens is 446 g/mol. The Morgan fingerprint density at radius 3 is 2.83 bits per heavy atom. The van der Waals surface area contributed by atoms with Gasteiger partial charge in [-0.05, 0) is 68.4 Å². The Balaban J connectivity index is 1.56. The van der Waals surface area contributed by atoms with E-state index in [0.29, 0.717) is 56.5 Å². The number of anilines is 1. The van der Waals surface area contributed by atoms with E-state index in [1.165, 1.54) is 0 Å². The Hall–Kier alpha value is -3.60. The summed E-state index contributed by atoms with van der Waals surface area (Å²) in [6, 6.07) is 7.20. The van der Waals surface area contributed by atoms with Crippen molar-refractivity contribution >= 4 is 23.5 Å². The number of carboxylic acid groups (broad SMARTS) is 1. The maximum absolute atomic E-state index is 13.4. The van der Waals surface area contributed by atoms with Gasteiger partial charge in [-0.15, -0.1) is 0 Å². The number of rotatable bonds is 8. The van der Waals surface area contributed by atoms with Crippen LogP contribution in [0.3, 0.4) is 0 Å². The number of amides is 2. The number of nitriles is 1. The number of carbonyl (C=O) groups is 3. The first-order valence-corrected chi connectivity index (χ1v) is 12.2.